The summed E-state index contributed by atoms with van der Waals surface area (Å²) in [6.45, 7) is 4.31. The van der Waals surface area contributed by atoms with Gasteiger partial charge in [-0.2, -0.15) is 0 Å². The van der Waals surface area contributed by atoms with Crippen molar-refractivity contribution in [1.29, 1.82) is 0 Å². The zero-order valence-electron chi connectivity index (χ0n) is 14.8. The molecule has 0 aromatic carbocycles. The Labute approximate surface area is 150 Å². The van der Waals surface area contributed by atoms with E-state index < -0.39 is 0 Å². The van der Waals surface area contributed by atoms with Gasteiger partial charge in [0.05, 0.1) is 0 Å². The Bertz CT molecular complexity index is 474. The molecule has 3 nitrogen and oxygen atoms in total. The second kappa shape index (κ2) is 9.57. The van der Waals surface area contributed by atoms with Crippen molar-refractivity contribution in [1.82, 2.24) is 10.2 Å². The van der Waals surface area contributed by atoms with Crippen LogP contribution in [0.2, 0.25) is 0 Å². The van der Waals surface area contributed by atoms with E-state index in [1.807, 2.05) is 11.3 Å². The van der Waals surface area contributed by atoms with Crippen molar-refractivity contribution in [2.75, 3.05) is 19.6 Å². The van der Waals surface area contributed by atoms with Crippen LogP contribution in [0.25, 0.3) is 0 Å². The molecule has 0 unspecified atom stereocenters. The van der Waals surface area contributed by atoms with Gasteiger partial charge in [-0.15, -0.1) is 11.3 Å². The van der Waals surface area contributed by atoms with Crippen molar-refractivity contribution in [3.63, 3.8) is 0 Å². The fourth-order valence-corrected chi connectivity index (χ4v) is 4.88. The van der Waals surface area contributed by atoms with Crippen LogP contribution in [-0.2, 0) is 11.3 Å². The predicted octanol–water partition coefficient (Wildman–Crippen LogP) is 4.44. The van der Waals surface area contributed by atoms with Crippen molar-refractivity contribution in [2.24, 2.45) is 11.8 Å². The van der Waals surface area contributed by atoms with Gasteiger partial charge in [-0.05, 0) is 55.6 Å². The molecule has 2 heterocycles. The maximum atomic E-state index is 12.1. The van der Waals surface area contributed by atoms with E-state index in [9.17, 15) is 4.79 Å². The number of nitrogens with one attached hydrogen (secondary N) is 1. The van der Waals surface area contributed by atoms with Gasteiger partial charge in [0.2, 0.25) is 5.91 Å². The molecule has 1 N–H and O–H groups in total. The van der Waals surface area contributed by atoms with Gasteiger partial charge in [0.25, 0.3) is 0 Å². The van der Waals surface area contributed by atoms with E-state index in [1.54, 1.807) is 0 Å². The molecule has 134 valence electrons. The molecular formula is C20H32N2OS. The minimum Gasteiger partial charge on any atom is -0.356 e. The third-order valence-electron chi connectivity index (χ3n) is 5.76. The number of rotatable bonds is 7. The number of piperidine rings is 1. The van der Waals surface area contributed by atoms with Crippen LogP contribution in [0.5, 0.6) is 0 Å². The standard InChI is InChI=1S/C20H32N2OS/c23-20(9-8-17-5-2-1-3-6-17)21-15-18-10-12-22(13-11-18)16-19-7-4-14-24-19/h4,7,14,17-18H,1-3,5-6,8-13,15-16H2,(H,21,23). The van der Waals surface area contributed by atoms with Gasteiger partial charge in [0, 0.05) is 24.4 Å². The molecule has 1 aromatic rings. The number of thiophene rings is 1. The van der Waals surface area contributed by atoms with Gasteiger partial charge >= 0.3 is 0 Å². The first-order valence-electron chi connectivity index (χ1n) is 9.81. The maximum absolute atomic E-state index is 12.1. The number of carbonyl (C=O) groups is 1. The normalized spacial score (nSPS) is 21.0. The summed E-state index contributed by atoms with van der Waals surface area (Å²) in [6.07, 6.45) is 11.1. The molecule has 1 aromatic heterocycles. The lowest BCUT2D eigenvalue weighted by Crippen LogP contribution is -2.38. The fourth-order valence-electron chi connectivity index (χ4n) is 4.13. The van der Waals surface area contributed by atoms with E-state index >= 15 is 0 Å². The second-order valence-electron chi connectivity index (χ2n) is 7.65. The summed E-state index contributed by atoms with van der Waals surface area (Å²) in [5, 5.41) is 5.35. The molecule has 1 amide bonds. The summed E-state index contributed by atoms with van der Waals surface area (Å²) < 4.78 is 0. The van der Waals surface area contributed by atoms with Gasteiger partial charge in [-0.25, -0.2) is 0 Å². The quantitative estimate of drug-likeness (QED) is 0.790. The number of likely N-dealkylation sites (tertiary alicyclic amines) is 1. The minimum atomic E-state index is 0.279. The Morgan fingerprint density at radius 3 is 2.62 bits per heavy atom. The summed E-state index contributed by atoms with van der Waals surface area (Å²) in [5.41, 5.74) is 0. The zero-order valence-corrected chi connectivity index (χ0v) is 15.7. The van der Waals surface area contributed by atoms with Crippen molar-refractivity contribution < 1.29 is 4.79 Å². The molecule has 24 heavy (non-hydrogen) atoms. The largest absolute Gasteiger partial charge is 0.356 e. The summed E-state index contributed by atoms with van der Waals surface area (Å²) >= 11 is 1.85. The number of carbonyl (C=O) groups excluding carboxylic acids is 1. The average Bonchev–Trinajstić information content (AvgIpc) is 3.13. The molecule has 1 saturated heterocycles. The molecule has 1 saturated carbocycles. The van der Waals surface area contributed by atoms with Gasteiger partial charge < -0.3 is 5.32 Å². The maximum Gasteiger partial charge on any atom is 0.220 e. The first-order valence-corrected chi connectivity index (χ1v) is 10.7. The van der Waals surface area contributed by atoms with Crippen LogP contribution in [0.3, 0.4) is 0 Å². The molecule has 3 rings (SSSR count). The van der Waals surface area contributed by atoms with Gasteiger partial charge in [0.1, 0.15) is 0 Å². The average molecular weight is 349 g/mol. The third kappa shape index (κ3) is 5.89. The van der Waals surface area contributed by atoms with Crippen molar-refractivity contribution in [2.45, 2.75) is 64.3 Å². The van der Waals surface area contributed by atoms with E-state index in [1.165, 1.54) is 62.9 Å². The van der Waals surface area contributed by atoms with Crippen LogP contribution >= 0.6 is 11.3 Å². The number of hydrogen-bond donors (Lipinski definition) is 1. The molecule has 2 aliphatic rings. The van der Waals surface area contributed by atoms with Crippen LogP contribution in [-0.4, -0.2) is 30.4 Å². The highest BCUT2D eigenvalue weighted by atomic mass is 32.1. The van der Waals surface area contributed by atoms with Gasteiger partial charge in [-0.3, -0.25) is 9.69 Å². The molecule has 1 aliphatic carbocycles. The second-order valence-corrected chi connectivity index (χ2v) is 8.68. The monoisotopic (exact) mass is 348 g/mol. The number of nitrogens with zero attached hydrogens (tertiary/aromatic N) is 1. The van der Waals surface area contributed by atoms with Crippen LogP contribution in [0.15, 0.2) is 17.5 Å². The molecule has 0 radical (unpaired) electrons. The highest BCUT2D eigenvalue weighted by Crippen LogP contribution is 2.27. The van der Waals surface area contributed by atoms with Crippen LogP contribution in [0, 0.1) is 11.8 Å². The SMILES string of the molecule is O=C(CCC1CCCCC1)NCC1CCN(Cc2cccs2)CC1. The van der Waals surface area contributed by atoms with E-state index in [-0.39, 0.29) is 5.91 Å². The van der Waals surface area contributed by atoms with Gasteiger partial charge in [-0.1, -0.05) is 38.2 Å². The minimum absolute atomic E-state index is 0.279. The summed E-state index contributed by atoms with van der Waals surface area (Å²) in [7, 11) is 0. The Kier molecular flexibility index (Phi) is 7.15. The van der Waals surface area contributed by atoms with Crippen LogP contribution in [0.1, 0.15) is 62.7 Å². The molecular weight excluding hydrogens is 316 g/mol. The van der Waals surface area contributed by atoms with Crippen LogP contribution in [0.4, 0.5) is 0 Å². The molecule has 0 bridgehead atoms. The topological polar surface area (TPSA) is 32.3 Å². The predicted molar refractivity (Wildman–Crippen MR) is 101 cm³/mol. The number of amides is 1. The fraction of sp³-hybridized carbons (Fsp3) is 0.750. The van der Waals surface area contributed by atoms with Crippen LogP contribution < -0.4 is 5.32 Å². The third-order valence-corrected chi connectivity index (χ3v) is 6.62. The molecule has 0 spiro atoms. The summed E-state index contributed by atoms with van der Waals surface area (Å²) in [4.78, 5) is 16.1. The summed E-state index contributed by atoms with van der Waals surface area (Å²) in [5.74, 6) is 1.76. The van der Waals surface area contributed by atoms with Crippen molar-refractivity contribution in [3.05, 3.63) is 22.4 Å². The highest BCUT2D eigenvalue weighted by molar-refractivity contribution is 7.09. The van der Waals surface area contributed by atoms with E-state index in [2.05, 4.69) is 27.7 Å². The highest BCUT2D eigenvalue weighted by Gasteiger charge is 2.20. The van der Waals surface area contributed by atoms with Crippen molar-refractivity contribution in [3.8, 4) is 0 Å². The molecule has 4 heteroatoms. The molecule has 2 fully saturated rings. The van der Waals surface area contributed by atoms with E-state index in [0.717, 1.165) is 31.8 Å². The zero-order chi connectivity index (χ0) is 16.6. The van der Waals surface area contributed by atoms with E-state index in [0.29, 0.717) is 5.92 Å². The lowest BCUT2D eigenvalue weighted by atomic mass is 9.86. The Hall–Kier alpha value is -0.870. The Morgan fingerprint density at radius 2 is 1.92 bits per heavy atom. The smallest absolute Gasteiger partial charge is 0.220 e. The lowest BCUT2D eigenvalue weighted by Gasteiger charge is -2.31. The van der Waals surface area contributed by atoms with E-state index in [4.69, 9.17) is 0 Å². The lowest BCUT2D eigenvalue weighted by molar-refractivity contribution is -0.121. The molecule has 1 aliphatic heterocycles. The summed E-state index contributed by atoms with van der Waals surface area (Å²) in [6, 6.07) is 4.36. The molecule has 0 atom stereocenters. The number of hydrogen-bond acceptors (Lipinski definition) is 3. The first-order chi connectivity index (χ1) is 11.8. The Morgan fingerprint density at radius 1 is 1.12 bits per heavy atom. The van der Waals surface area contributed by atoms with Gasteiger partial charge in [0.15, 0.2) is 0 Å². The Balaban J connectivity index is 1.26. The van der Waals surface area contributed by atoms with Crippen molar-refractivity contribution >= 4 is 17.2 Å². The first kappa shape index (κ1) is 17.9.